The number of para-hydroxylation sites is 1. The molecule has 0 aliphatic rings. The van der Waals surface area contributed by atoms with Gasteiger partial charge in [0.15, 0.2) is 11.0 Å². The number of methoxy groups -OCH3 is 1. The van der Waals surface area contributed by atoms with Gasteiger partial charge in [0.05, 0.1) is 18.4 Å². The van der Waals surface area contributed by atoms with Crippen molar-refractivity contribution in [3.8, 4) is 17.1 Å². The minimum absolute atomic E-state index is 0.135. The molecule has 0 saturated heterocycles. The molecule has 2 aromatic carbocycles. The molecule has 0 saturated carbocycles. The van der Waals surface area contributed by atoms with Gasteiger partial charge in [0.2, 0.25) is 5.91 Å². The second-order valence-electron chi connectivity index (χ2n) is 7.08. The molecular formula is C24H21N5O3S. The highest BCUT2D eigenvalue weighted by atomic mass is 32.2. The Balaban J connectivity index is 1.52. The fourth-order valence-electron chi connectivity index (χ4n) is 3.22. The average molecular weight is 460 g/mol. The number of rotatable bonds is 7. The second kappa shape index (κ2) is 10.1. The van der Waals surface area contributed by atoms with Crippen LogP contribution in [0, 0.1) is 6.92 Å². The summed E-state index contributed by atoms with van der Waals surface area (Å²) in [4.78, 5) is 28.5. The summed E-state index contributed by atoms with van der Waals surface area (Å²) in [6, 6.07) is 18.5. The summed E-state index contributed by atoms with van der Waals surface area (Å²) in [7, 11) is 1.33. The SMILES string of the molecule is COC(=O)c1ccc(NC(=O)CSc2nnc(-c3cccnc3)n2-c2ccccc2)c(C)c1. The second-order valence-corrected chi connectivity index (χ2v) is 8.02. The van der Waals surface area contributed by atoms with Crippen LogP contribution < -0.4 is 5.32 Å². The molecule has 0 fully saturated rings. The Bertz CT molecular complexity index is 1280. The predicted molar refractivity (Wildman–Crippen MR) is 126 cm³/mol. The van der Waals surface area contributed by atoms with Crippen molar-refractivity contribution < 1.29 is 14.3 Å². The summed E-state index contributed by atoms with van der Waals surface area (Å²) in [5.74, 6) is 0.165. The number of nitrogens with one attached hydrogen (secondary N) is 1. The highest BCUT2D eigenvalue weighted by Crippen LogP contribution is 2.27. The van der Waals surface area contributed by atoms with E-state index in [0.717, 1.165) is 16.8 Å². The highest BCUT2D eigenvalue weighted by Gasteiger charge is 2.18. The van der Waals surface area contributed by atoms with Gasteiger partial charge in [-0.25, -0.2) is 4.79 Å². The minimum atomic E-state index is -0.420. The third-order valence-corrected chi connectivity index (χ3v) is 5.75. The molecule has 4 aromatic rings. The van der Waals surface area contributed by atoms with Crippen LogP contribution in [-0.4, -0.2) is 44.5 Å². The zero-order valence-corrected chi connectivity index (χ0v) is 18.9. The Hall–Kier alpha value is -3.98. The Kier molecular flexibility index (Phi) is 6.80. The van der Waals surface area contributed by atoms with Crippen LogP contribution in [0.1, 0.15) is 15.9 Å². The van der Waals surface area contributed by atoms with Gasteiger partial charge in [-0.3, -0.25) is 14.3 Å². The molecule has 4 rings (SSSR count). The van der Waals surface area contributed by atoms with Crippen molar-refractivity contribution >= 4 is 29.3 Å². The number of esters is 1. The minimum Gasteiger partial charge on any atom is -0.465 e. The largest absolute Gasteiger partial charge is 0.465 e. The number of amides is 1. The molecule has 33 heavy (non-hydrogen) atoms. The van der Waals surface area contributed by atoms with Crippen LogP contribution in [0.2, 0.25) is 0 Å². The van der Waals surface area contributed by atoms with E-state index in [9.17, 15) is 9.59 Å². The highest BCUT2D eigenvalue weighted by molar-refractivity contribution is 7.99. The standard InChI is InChI=1S/C24H21N5O3S/c1-16-13-17(23(31)32-2)10-11-20(16)26-21(30)15-33-24-28-27-22(18-7-6-12-25-14-18)29(24)19-8-4-3-5-9-19/h3-14H,15H2,1-2H3,(H,26,30). The number of hydrogen-bond donors (Lipinski definition) is 1. The number of aryl methyl sites for hydroxylation is 1. The van der Waals surface area contributed by atoms with Crippen molar-refractivity contribution in [2.24, 2.45) is 0 Å². The summed E-state index contributed by atoms with van der Waals surface area (Å²) in [5.41, 5.74) is 3.54. The van der Waals surface area contributed by atoms with E-state index in [2.05, 4.69) is 20.5 Å². The summed E-state index contributed by atoms with van der Waals surface area (Å²) >= 11 is 1.29. The van der Waals surface area contributed by atoms with Crippen LogP contribution in [0.15, 0.2) is 78.2 Å². The van der Waals surface area contributed by atoms with Gasteiger partial charge in [-0.15, -0.1) is 10.2 Å². The van der Waals surface area contributed by atoms with E-state index in [-0.39, 0.29) is 11.7 Å². The first-order valence-electron chi connectivity index (χ1n) is 10.1. The van der Waals surface area contributed by atoms with E-state index in [1.54, 1.807) is 30.6 Å². The number of carbonyl (C=O) groups excluding carboxylic acids is 2. The lowest BCUT2D eigenvalue weighted by Gasteiger charge is -2.11. The average Bonchev–Trinajstić information content (AvgIpc) is 3.28. The van der Waals surface area contributed by atoms with Gasteiger partial charge in [-0.05, 0) is 55.0 Å². The molecule has 0 bridgehead atoms. The molecule has 166 valence electrons. The first kappa shape index (κ1) is 22.2. The van der Waals surface area contributed by atoms with Crippen LogP contribution in [-0.2, 0) is 9.53 Å². The Morgan fingerprint density at radius 3 is 2.58 bits per heavy atom. The number of ether oxygens (including phenoxy) is 1. The van der Waals surface area contributed by atoms with Crippen LogP contribution in [0.4, 0.5) is 5.69 Å². The predicted octanol–water partition coefficient (Wildman–Crippen LogP) is 4.16. The van der Waals surface area contributed by atoms with Gasteiger partial charge in [0.1, 0.15) is 0 Å². The number of benzene rings is 2. The fraction of sp³-hybridized carbons (Fsp3) is 0.125. The maximum absolute atomic E-state index is 12.6. The topological polar surface area (TPSA) is 99.0 Å². The number of pyridine rings is 1. The molecule has 1 N–H and O–H groups in total. The van der Waals surface area contributed by atoms with Crippen LogP contribution >= 0.6 is 11.8 Å². The third-order valence-electron chi connectivity index (χ3n) is 4.82. The quantitative estimate of drug-likeness (QED) is 0.327. The smallest absolute Gasteiger partial charge is 0.337 e. The van der Waals surface area contributed by atoms with Gasteiger partial charge >= 0.3 is 5.97 Å². The summed E-state index contributed by atoms with van der Waals surface area (Å²) in [6.45, 7) is 1.82. The molecule has 9 heteroatoms. The fourth-order valence-corrected chi connectivity index (χ4v) is 3.97. The zero-order chi connectivity index (χ0) is 23.2. The van der Waals surface area contributed by atoms with Gasteiger partial charge in [-0.2, -0.15) is 0 Å². The summed E-state index contributed by atoms with van der Waals surface area (Å²) < 4.78 is 6.64. The van der Waals surface area contributed by atoms with Gasteiger partial charge < -0.3 is 10.1 Å². The molecule has 0 radical (unpaired) electrons. The maximum atomic E-state index is 12.6. The molecular weight excluding hydrogens is 438 g/mol. The lowest BCUT2D eigenvalue weighted by atomic mass is 10.1. The number of thioether (sulfide) groups is 1. The zero-order valence-electron chi connectivity index (χ0n) is 18.1. The number of nitrogens with zero attached hydrogens (tertiary/aromatic N) is 4. The van der Waals surface area contributed by atoms with E-state index >= 15 is 0 Å². The normalized spacial score (nSPS) is 10.6. The van der Waals surface area contributed by atoms with Crippen molar-refractivity contribution in [1.29, 1.82) is 0 Å². The lowest BCUT2D eigenvalue weighted by molar-refractivity contribution is -0.113. The van der Waals surface area contributed by atoms with Gasteiger partial charge in [0, 0.05) is 29.3 Å². The molecule has 0 atom stereocenters. The van der Waals surface area contributed by atoms with Crippen molar-refractivity contribution in [3.05, 3.63) is 84.2 Å². The Labute approximate surface area is 195 Å². The van der Waals surface area contributed by atoms with E-state index in [4.69, 9.17) is 4.74 Å². The Morgan fingerprint density at radius 1 is 1.06 bits per heavy atom. The molecule has 8 nitrogen and oxygen atoms in total. The van der Waals surface area contributed by atoms with Crippen molar-refractivity contribution in [2.75, 3.05) is 18.2 Å². The molecule has 2 heterocycles. The summed E-state index contributed by atoms with van der Waals surface area (Å²) in [6.07, 6.45) is 3.43. The first-order valence-corrected chi connectivity index (χ1v) is 11.1. The van der Waals surface area contributed by atoms with E-state index in [0.29, 0.717) is 22.2 Å². The van der Waals surface area contributed by atoms with E-state index in [1.165, 1.54) is 18.9 Å². The monoisotopic (exact) mass is 459 g/mol. The molecule has 0 aliphatic heterocycles. The Morgan fingerprint density at radius 2 is 1.88 bits per heavy atom. The van der Waals surface area contributed by atoms with Crippen LogP contribution in [0.3, 0.4) is 0 Å². The van der Waals surface area contributed by atoms with Gasteiger partial charge in [-0.1, -0.05) is 30.0 Å². The summed E-state index contributed by atoms with van der Waals surface area (Å²) in [5, 5.41) is 12.1. The number of carbonyl (C=O) groups is 2. The van der Waals surface area contributed by atoms with Crippen LogP contribution in [0.25, 0.3) is 17.1 Å². The maximum Gasteiger partial charge on any atom is 0.337 e. The first-order chi connectivity index (χ1) is 16.1. The number of hydrogen-bond acceptors (Lipinski definition) is 7. The van der Waals surface area contributed by atoms with Crippen molar-refractivity contribution in [3.63, 3.8) is 0 Å². The molecule has 0 unspecified atom stereocenters. The number of anilines is 1. The molecule has 0 spiro atoms. The molecule has 0 aliphatic carbocycles. The third kappa shape index (κ3) is 5.09. The number of aromatic nitrogens is 4. The van der Waals surface area contributed by atoms with E-state index < -0.39 is 5.97 Å². The molecule has 1 amide bonds. The van der Waals surface area contributed by atoms with Gasteiger partial charge in [0.25, 0.3) is 0 Å². The van der Waals surface area contributed by atoms with Crippen LogP contribution in [0.5, 0.6) is 0 Å². The van der Waals surface area contributed by atoms with E-state index in [1.807, 2.05) is 54.0 Å². The van der Waals surface area contributed by atoms with Crippen molar-refractivity contribution in [2.45, 2.75) is 12.1 Å². The van der Waals surface area contributed by atoms with Crippen molar-refractivity contribution in [1.82, 2.24) is 19.7 Å². The lowest BCUT2D eigenvalue weighted by Crippen LogP contribution is -2.15. The molecule has 2 aromatic heterocycles.